The molecule has 0 aliphatic carbocycles. The summed E-state index contributed by atoms with van der Waals surface area (Å²) in [7, 11) is 0. The van der Waals surface area contributed by atoms with Gasteiger partial charge in [0.25, 0.3) is 5.91 Å². The molecule has 0 aromatic heterocycles. The van der Waals surface area contributed by atoms with Crippen LogP contribution < -0.4 is 20.6 Å². The predicted molar refractivity (Wildman–Crippen MR) is 116 cm³/mol. The van der Waals surface area contributed by atoms with Gasteiger partial charge in [-0.25, -0.2) is 5.01 Å². The predicted octanol–water partition coefficient (Wildman–Crippen LogP) is 2.06. The first kappa shape index (κ1) is 19.9. The third kappa shape index (κ3) is 3.86. The van der Waals surface area contributed by atoms with Gasteiger partial charge in [-0.3, -0.25) is 19.9 Å². The minimum Gasteiger partial charge on any atom is -0.427 e. The van der Waals surface area contributed by atoms with Gasteiger partial charge in [0.15, 0.2) is 11.3 Å². The van der Waals surface area contributed by atoms with Crippen molar-refractivity contribution in [3.8, 4) is 5.75 Å². The van der Waals surface area contributed by atoms with E-state index in [0.29, 0.717) is 28.8 Å². The van der Waals surface area contributed by atoms with E-state index < -0.39 is 6.17 Å². The Hall–Kier alpha value is -3.39. The first-order valence-electron chi connectivity index (χ1n) is 9.51. The maximum absolute atomic E-state index is 12.9. The fourth-order valence-corrected chi connectivity index (χ4v) is 3.75. The van der Waals surface area contributed by atoms with E-state index in [-0.39, 0.29) is 11.9 Å². The zero-order valence-corrected chi connectivity index (χ0v) is 17.2. The molecule has 0 saturated carbocycles. The quantitative estimate of drug-likeness (QED) is 0.455. The Bertz CT molecular complexity index is 1160. The normalized spacial score (nSPS) is 17.2. The van der Waals surface area contributed by atoms with Gasteiger partial charge in [-0.1, -0.05) is 55.1 Å². The average molecular weight is 420 g/mol. The Balaban J connectivity index is 1.77. The molecule has 8 heteroatoms. The summed E-state index contributed by atoms with van der Waals surface area (Å²) in [5.41, 5.74) is 1.28. The van der Waals surface area contributed by atoms with Crippen LogP contribution in [0, 0.1) is 0 Å². The smallest absolute Gasteiger partial charge is 0.310 e. The number of hydrogen-bond acceptors (Lipinski definition) is 7. The first-order chi connectivity index (χ1) is 14.6. The van der Waals surface area contributed by atoms with Crippen molar-refractivity contribution in [1.29, 1.82) is 0 Å². The number of hydrogen-bond donors (Lipinski definition) is 1. The molecule has 1 unspecified atom stereocenters. The van der Waals surface area contributed by atoms with E-state index in [1.165, 1.54) is 11.8 Å². The second-order valence-electron chi connectivity index (χ2n) is 6.57. The fraction of sp³-hybridized carbons (Fsp3) is 0.182. The molecule has 2 aliphatic heterocycles. The summed E-state index contributed by atoms with van der Waals surface area (Å²) in [5.74, 6) is 0.569. The Morgan fingerprint density at radius 1 is 1.27 bits per heavy atom. The Labute approximate surface area is 177 Å². The molecular weight excluding hydrogens is 400 g/mol. The molecule has 30 heavy (non-hydrogen) atoms. The average Bonchev–Trinajstić information content (AvgIpc) is 2.77. The fourth-order valence-electron chi connectivity index (χ4n) is 3.16. The topological polar surface area (TPSA) is 83.4 Å². The molecule has 0 radical (unpaired) electrons. The van der Waals surface area contributed by atoms with E-state index in [9.17, 15) is 9.59 Å². The SMILES string of the molecule is C=CCSC1=NN2C(=c3ccccc3=NC2c2ccc(OC(=O)CC)cc2)C(=O)N1. The summed E-state index contributed by atoms with van der Waals surface area (Å²) in [6.07, 6.45) is 1.54. The molecule has 2 heterocycles. The second kappa shape index (κ2) is 8.54. The number of esters is 1. The van der Waals surface area contributed by atoms with Crippen LogP contribution in [-0.2, 0) is 9.59 Å². The second-order valence-corrected chi connectivity index (χ2v) is 7.58. The summed E-state index contributed by atoms with van der Waals surface area (Å²) in [4.78, 5) is 29.3. The van der Waals surface area contributed by atoms with Crippen molar-refractivity contribution in [2.45, 2.75) is 19.5 Å². The third-order valence-corrected chi connectivity index (χ3v) is 5.41. The number of nitrogens with one attached hydrogen (secondary N) is 1. The number of amidine groups is 1. The van der Waals surface area contributed by atoms with Gasteiger partial charge in [0, 0.05) is 17.4 Å². The lowest BCUT2D eigenvalue weighted by molar-refractivity contribution is -0.134. The Morgan fingerprint density at radius 2 is 2.03 bits per heavy atom. The van der Waals surface area contributed by atoms with E-state index >= 15 is 0 Å². The van der Waals surface area contributed by atoms with Gasteiger partial charge in [0.1, 0.15) is 11.4 Å². The maximum atomic E-state index is 12.9. The molecule has 0 saturated heterocycles. The number of thioether (sulfide) groups is 1. The van der Waals surface area contributed by atoms with Crippen LogP contribution in [0.4, 0.5) is 0 Å². The molecule has 0 spiro atoms. The van der Waals surface area contributed by atoms with Crippen molar-refractivity contribution >= 4 is 34.5 Å². The molecule has 2 aromatic rings. The van der Waals surface area contributed by atoms with Gasteiger partial charge in [-0.05, 0) is 23.8 Å². The van der Waals surface area contributed by atoms with Crippen LogP contribution in [-0.4, -0.2) is 27.8 Å². The number of benzene rings is 2. The zero-order chi connectivity index (χ0) is 21.1. The van der Waals surface area contributed by atoms with Crippen molar-refractivity contribution in [3.05, 3.63) is 77.3 Å². The Kier molecular flexibility index (Phi) is 5.67. The highest BCUT2D eigenvalue weighted by Gasteiger charge is 2.34. The van der Waals surface area contributed by atoms with Crippen molar-refractivity contribution in [2.75, 3.05) is 5.75 Å². The number of para-hydroxylation sites is 1. The molecule has 0 bridgehead atoms. The van der Waals surface area contributed by atoms with Crippen LogP contribution in [0.3, 0.4) is 0 Å². The summed E-state index contributed by atoms with van der Waals surface area (Å²) < 4.78 is 5.25. The molecule has 1 atom stereocenters. The number of ether oxygens (including phenoxy) is 1. The molecule has 1 N–H and O–H groups in total. The van der Waals surface area contributed by atoms with Crippen LogP contribution in [0.25, 0.3) is 5.70 Å². The van der Waals surface area contributed by atoms with Gasteiger partial charge < -0.3 is 4.74 Å². The molecule has 7 nitrogen and oxygen atoms in total. The minimum atomic E-state index is -0.517. The molecular formula is C22H20N4O3S. The zero-order valence-electron chi connectivity index (χ0n) is 16.4. The summed E-state index contributed by atoms with van der Waals surface area (Å²) in [6.45, 7) is 5.45. The number of hydrazone groups is 1. The van der Waals surface area contributed by atoms with Crippen molar-refractivity contribution in [1.82, 2.24) is 10.3 Å². The number of nitrogens with zero attached hydrogens (tertiary/aromatic N) is 3. The monoisotopic (exact) mass is 420 g/mol. The molecule has 4 rings (SSSR count). The maximum Gasteiger partial charge on any atom is 0.310 e. The summed E-state index contributed by atoms with van der Waals surface area (Å²) in [5, 5.41) is 11.1. The lowest BCUT2D eigenvalue weighted by Crippen LogP contribution is -2.50. The highest BCUT2D eigenvalue weighted by Crippen LogP contribution is 2.31. The standard InChI is InChI=1S/C22H20N4O3S/c1-3-13-30-22-24-21(28)19-16-7-5-6-8-17(16)23-20(26(19)25-22)14-9-11-15(12-10-14)29-18(27)4-2/h3,5-12,20H,1,4,13H2,2H3,(H,24,25,28). The van der Waals surface area contributed by atoms with E-state index in [0.717, 1.165) is 16.1 Å². The first-order valence-corrected chi connectivity index (χ1v) is 10.5. The van der Waals surface area contributed by atoms with Crippen LogP contribution in [0.15, 0.2) is 71.3 Å². The summed E-state index contributed by atoms with van der Waals surface area (Å²) in [6, 6.07) is 14.6. The van der Waals surface area contributed by atoms with Gasteiger partial charge in [-0.15, -0.1) is 11.7 Å². The van der Waals surface area contributed by atoms with Crippen LogP contribution in [0.5, 0.6) is 5.75 Å². The van der Waals surface area contributed by atoms with Crippen LogP contribution in [0.2, 0.25) is 0 Å². The van der Waals surface area contributed by atoms with Crippen molar-refractivity contribution < 1.29 is 14.3 Å². The van der Waals surface area contributed by atoms with Crippen LogP contribution >= 0.6 is 11.8 Å². The van der Waals surface area contributed by atoms with E-state index in [4.69, 9.17) is 9.73 Å². The molecule has 152 valence electrons. The van der Waals surface area contributed by atoms with E-state index in [2.05, 4.69) is 17.0 Å². The van der Waals surface area contributed by atoms with Crippen molar-refractivity contribution in [3.63, 3.8) is 0 Å². The van der Waals surface area contributed by atoms with Gasteiger partial charge >= 0.3 is 5.97 Å². The van der Waals surface area contributed by atoms with Gasteiger partial charge in [0.05, 0.1) is 5.36 Å². The van der Waals surface area contributed by atoms with E-state index in [1.807, 2.05) is 36.4 Å². The van der Waals surface area contributed by atoms with Crippen LogP contribution in [0.1, 0.15) is 25.1 Å². The largest absolute Gasteiger partial charge is 0.427 e. The lowest BCUT2D eigenvalue weighted by Gasteiger charge is -2.34. The molecule has 2 aliphatic rings. The number of rotatable bonds is 5. The number of fused-ring (bicyclic) bond motifs is 2. The highest BCUT2D eigenvalue weighted by atomic mass is 32.2. The molecule has 2 aromatic carbocycles. The minimum absolute atomic E-state index is 0.225. The van der Waals surface area contributed by atoms with Gasteiger partial charge in [0.2, 0.25) is 0 Å². The third-order valence-electron chi connectivity index (χ3n) is 4.55. The molecule has 0 fully saturated rings. The number of carbonyl (C=O) groups excluding carboxylic acids is 2. The molecule has 1 amide bonds. The highest BCUT2D eigenvalue weighted by molar-refractivity contribution is 8.14. The lowest BCUT2D eigenvalue weighted by atomic mass is 10.1. The van der Waals surface area contributed by atoms with E-state index in [1.54, 1.807) is 30.1 Å². The number of amides is 1. The summed E-state index contributed by atoms with van der Waals surface area (Å²) >= 11 is 1.39. The number of carbonyl (C=O) groups is 2. The Morgan fingerprint density at radius 3 is 2.77 bits per heavy atom. The van der Waals surface area contributed by atoms with Crippen molar-refractivity contribution in [2.24, 2.45) is 10.1 Å². The van der Waals surface area contributed by atoms with Gasteiger partial charge in [-0.2, -0.15) is 0 Å².